The first-order chi connectivity index (χ1) is 10.7. The van der Waals surface area contributed by atoms with Crippen LogP contribution in [0.3, 0.4) is 0 Å². The molecule has 9 heteroatoms. The number of carbonyl (C=O) groups is 2. The van der Waals surface area contributed by atoms with Gasteiger partial charge in [-0.25, -0.2) is 17.6 Å². The molecule has 0 bridgehead atoms. The second kappa shape index (κ2) is 6.63. The molecular formula is C14H17FN2O5S. The summed E-state index contributed by atoms with van der Waals surface area (Å²) in [5, 5.41) is 11.5. The van der Waals surface area contributed by atoms with E-state index in [1.54, 1.807) is 0 Å². The van der Waals surface area contributed by atoms with Gasteiger partial charge >= 0.3 is 5.97 Å². The third-order valence-corrected chi connectivity index (χ3v) is 5.49. The highest BCUT2D eigenvalue weighted by atomic mass is 32.2. The highest BCUT2D eigenvalue weighted by Gasteiger charge is 2.31. The standard InChI is InChI=1S/C14H17FN2O5S/c1-9-7-10(3-4-11(9)15)13(14(19)20)16-12(18)8-17-5-2-6-23(17,21)22/h3-4,7,13H,2,5-6,8H2,1H3,(H,16,18)(H,19,20). The van der Waals surface area contributed by atoms with E-state index < -0.39 is 40.3 Å². The van der Waals surface area contributed by atoms with Crippen LogP contribution in [-0.2, 0) is 19.6 Å². The van der Waals surface area contributed by atoms with Gasteiger partial charge < -0.3 is 10.4 Å². The van der Waals surface area contributed by atoms with Crippen molar-refractivity contribution >= 4 is 21.9 Å². The van der Waals surface area contributed by atoms with Gasteiger partial charge in [0.2, 0.25) is 15.9 Å². The first-order valence-electron chi connectivity index (χ1n) is 6.97. The Bertz CT molecular complexity index is 735. The quantitative estimate of drug-likeness (QED) is 0.805. The van der Waals surface area contributed by atoms with Gasteiger partial charge in [-0.2, -0.15) is 4.31 Å². The SMILES string of the molecule is Cc1cc(C(NC(=O)CN2CCCS2(=O)=O)C(=O)O)ccc1F. The molecule has 1 heterocycles. The van der Waals surface area contributed by atoms with Crippen molar-refractivity contribution in [1.82, 2.24) is 9.62 Å². The second-order valence-electron chi connectivity index (χ2n) is 5.35. The molecule has 1 fully saturated rings. The van der Waals surface area contributed by atoms with Crippen LogP contribution in [0, 0.1) is 12.7 Å². The van der Waals surface area contributed by atoms with Gasteiger partial charge in [-0.1, -0.05) is 12.1 Å². The molecule has 1 aromatic carbocycles. The van der Waals surface area contributed by atoms with Crippen molar-refractivity contribution in [3.8, 4) is 0 Å². The number of sulfonamides is 1. The summed E-state index contributed by atoms with van der Waals surface area (Å²) in [6.07, 6.45) is 0.440. The van der Waals surface area contributed by atoms with Crippen LogP contribution in [0.2, 0.25) is 0 Å². The lowest BCUT2D eigenvalue weighted by Crippen LogP contribution is -2.41. The minimum atomic E-state index is -3.44. The molecular weight excluding hydrogens is 327 g/mol. The number of nitrogens with one attached hydrogen (secondary N) is 1. The Morgan fingerprint density at radius 3 is 2.65 bits per heavy atom. The molecule has 2 N–H and O–H groups in total. The zero-order chi connectivity index (χ0) is 17.2. The zero-order valence-electron chi connectivity index (χ0n) is 12.5. The molecule has 0 aliphatic carbocycles. The number of aryl methyl sites for hydroxylation is 1. The highest BCUT2D eigenvalue weighted by molar-refractivity contribution is 7.89. The molecule has 0 aromatic heterocycles. The van der Waals surface area contributed by atoms with E-state index >= 15 is 0 Å². The Hall–Kier alpha value is -2.00. The van der Waals surface area contributed by atoms with Crippen molar-refractivity contribution in [2.75, 3.05) is 18.8 Å². The Morgan fingerprint density at radius 2 is 2.13 bits per heavy atom. The Kier molecular flexibility index (Phi) is 5.00. The summed E-state index contributed by atoms with van der Waals surface area (Å²) in [5.74, 6) is -2.52. The lowest BCUT2D eigenvalue weighted by Gasteiger charge is -2.18. The number of carboxylic acids is 1. The Balaban J connectivity index is 2.11. The fourth-order valence-corrected chi connectivity index (χ4v) is 3.84. The lowest BCUT2D eigenvalue weighted by atomic mass is 10.0. The van der Waals surface area contributed by atoms with Crippen molar-refractivity contribution in [3.05, 3.63) is 35.1 Å². The van der Waals surface area contributed by atoms with Crippen LogP contribution in [0.4, 0.5) is 4.39 Å². The van der Waals surface area contributed by atoms with Gasteiger partial charge in [0.25, 0.3) is 0 Å². The van der Waals surface area contributed by atoms with Crippen molar-refractivity contribution in [1.29, 1.82) is 0 Å². The van der Waals surface area contributed by atoms with Crippen molar-refractivity contribution in [3.63, 3.8) is 0 Å². The average molecular weight is 344 g/mol. The monoisotopic (exact) mass is 344 g/mol. The van der Waals surface area contributed by atoms with Crippen LogP contribution >= 0.6 is 0 Å². The molecule has 1 aromatic rings. The van der Waals surface area contributed by atoms with Crippen LogP contribution < -0.4 is 5.32 Å². The number of carboxylic acid groups (broad SMARTS) is 1. The van der Waals surface area contributed by atoms with Gasteiger partial charge in [-0.05, 0) is 30.5 Å². The number of hydrogen-bond acceptors (Lipinski definition) is 4. The molecule has 126 valence electrons. The lowest BCUT2D eigenvalue weighted by molar-refractivity contribution is -0.142. The molecule has 0 radical (unpaired) electrons. The summed E-state index contributed by atoms with van der Waals surface area (Å²) in [6, 6.07) is 2.36. The van der Waals surface area contributed by atoms with Gasteiger partial charge in [0, 0.05) is 6.54 Å². The number of benzene rings is 1. The fraction of sp³-hybridized carbons (Fsp3) is 0.429. The number of halogens is 1. The van der Waals surface area contributed by atoms with Crippen LogP contribution in [0.5, 0.6) is 0 Å². The number of rotatable bonds is 5. The summed E-state index contributed by atoms with van der Waals surface area (Å²) >= 11 is 0. The predicted molar refractivity (Wildman–Crippen MR) is 79.6 cm³/mol. The van der Waals surface area contributed by atoms with Crippen LogP contribution in [0.15, 0.2) is 18.2 Å². The molecule has 1 atom stereocenters. The molecule has 1 aliphatic rings. The average Bonchev–Trinajstić information content (AvgIpc) is 2.78. The molecule has 0 spiro atoms. The molecule has 1 saturated heterocycles. The van der Waals surface area contributed by atoms with Gasteiger partial charge in [-0.3, -0.25) is 4.79 Å². The summed E-state index contributed by atoms with van der Waals surface area (Å²) in [7, 11) is -3.44. The number of carbonyl (C=O) groups excluding carboxylic acids is 1. The first kappa shape index (κ1) is 17.4. The summed E-state index contributed by atoms with van der Waals surface area (Å²) in [4.78, 5) is 23.3. The highest BCUT2D eigenvalue weighted by Crippen LogP contribution is 2.18. The topological polar surface area (TPSA) is 104 Å². The Labute approximate surface area is 133 Å². The molecule has 1 unspecified atom stereocenters. The maximum atomic E-state index is 13.3. The second-order valence-corrected chi connectivity index (χ2v) is 7.44. The normalized spacial score (nSPS) is 18.5. The maximum Gasteiger partial charge on any atom is 0.330 e. The number of hydrogen-bond donors (Lipinski definition) is 2. The van der Waals surface area contributed by atoms with Gasteiger partial charge in [0.05, 0.1) is 12.3 Å². The largest absolute Gasteiger partial charge is 0.479 e. The molecule has 2 rings (SSSR count). The minimum absolute atomic E-state index is 0.0141. The van der Waals surface area contributed by atoms with E-state index in [0.717, 1.165) is 10.4 Å². The molecule has 1 amide bonds. The predicted octanol–water partition coefficient (Wildman–Crippen LogP) is 0.412. The third-order valence-electron chi connectivity index (χ3n) is 3.59. The molecule has 0 saturated carbocycles. The summed E-state index contributed by atoms with van der Waals surface area (Å²) in [6.45, 7) is 1.30. The summed E-state index contributed by atoms with van der Waals surface area (Å²) < 4.78 is 37.6. The van der Waals surface area contributed by atoms with E-state index in [0.29, 0.717) is 6.42 Å². The van der Waals surface area contributed by atoms with E-state index in [2.05, 4.69) is 5.32 Å². The van der Waals surface area contributed by atoms with E-state index in [9.17, 15) is 27.5 Å². The fourth-order valence-electron chi connectivity index (χ4n) is 2.37. The van der Waals surface area contributed by atoms with Gasteiger partial charge in [0.15, 0.2) is 6.04 Å². The molecule has 1 aliphatic heterocycles. The summed E-state index contributed by atoms with van der Waals surface area (Å²) in [5.41, 5.74) is 0.471. The van der Waals surface area contributed by atoms with Gasteiger partial charge in [-0.15, -0.1) is 0 Å². The third kappa shape index (κ3) is 4.05. The van der Waals surface area contributed by atoms with Crippen LogP contribution in [0.25, 0.3) is 0 Å². The molecule has 23 heavy (non-hydrogen) atoms. The smallest absolute Gasteiger partial charge is 0.330 e. The van der Waals surface area contributed by atoms with E-state index in [1.165, 1.54) is 19.1 Å². The van der Waals surface area contributed by atoms with E-state index in [4.69, 9.17) is 0 Å². The van der Waals surface area contributed by atoms with E-state index in [-0.39, 0.29) is 23.4 Å². The maximum absolute atomic E-state index is 13.3. The number of amides is 1. The van der Waals surface area contributed by atoms with E-state index in [1.807, 2.05) is 0 Å². The van der Waals surface area contributed by atoms with Crippen LogP contribution in [-0.4, -0.2) is 48.5 Å². The first-order valence-corrected chi connectivity index (χ1v) is 8.57. The zero-order valence-corrected chi connectivity index (χ0v) is 13.3. The van der Waals surface area contributed by atoms with Crippen molar-refractivity contribution < 1.29 is 27.5 Å². The number of aliphatic carboxylic acids is 1. The molecule has 7 nitrogen and oxygen atoms in total. The van der Waals surface area contributed by atoms with Crippen molar-refractivity contribution in [2.24, 2.45) is 0 Å². The minimum Gasteiger partial charge on any atom is -0.479 e. The Morgan fingerprint density at radius 1 is 1.43 bits per heavy atom. The van der Waals surface area contributed by atoms with Crippen molar-refractivity contribution in [2.45, 2.75) is 19.4 Å². The van der Waals surface area contributed by atoms with Gasteiger partial charge in [0.1, 0.15) is 5.82 Å². The number of nitrogens with zero attached hydrogens (tertiary/aromatic N) is 1. The van der Waals surface area contributed by atoms with Crippen LogP contribution in [0.1, 0.15) is 23.6 Å².